The molecule has 0 fully saturated rings. The topological polar surface area (TPSA) is 95.3 Å². The van der Waals surface area contributed by atoms with Crippen molar-refractivity contribution in [3.05, 3.63) is 39.7 Å². The molecule has 0 radical (unpaired) electrons. The average molecular weight is 372 g/mol. The number of Topliss-reactive ketones (excluding diaryl/α,β-unsaturated/α-hetero) is 1. The first-order valence-corrected chi connectivity index (χ1v) is 9.10. The fourth-order valence-corrected chi connectivity index (χ4v) is 3.04. The number of hydrogen-bond donors (Lipinski definition) is 1. The maximum atomic E-state index is 14.5. The molecule has 0 aliphatic heterocycles. The Hall–Kier alpha value is -1.51. The third kappa shape index (κ3) is 5.49. The number of rotatable bonds is 7. The Kier molecular flexibility index (Phi) is 6.72. The monoisotopic (exact) mass is 372 g/mol. The summed E-state index contributed by atoms with van der Waals surface area (Å²) in [4.78, 5) is 22.7. The number of halogens is 1. The van der Waals surface area contributed by atoms with E-state index in [9.17, 15) is 23.9 Å². The van der Waals surface area contributed by atoms with Crippen molar-refractivity contribution in [3.63, 3.8) is 0 Å². The van der Waals surface area contributed by atoms with Crippen molar-refractivity contribution in [2.24, 2.45) is 5.92 Å². The highest BCUT2D eigenvalue weighted by atomic mass is 32.2. The van der Waals surface area contributed by atoms with E-state index in [1.54, 1.807) is 41.5 Å². The average Bonchev–Trinajstić information content (AvgIpc) is 2.45. The minimum atomic E-state index is -1.60. The van der Waals surface area contributed by atoms with E-state index < -0.39 is 32.4 Å². The van der Waals surface area contributed by atoms with Gasteiger partial charge in [0.1, 0.15) is 16.3 Å². The van der Waals surface area contributed by atoms with Gasteiger partial charge in [-0.2, -0.15) is 0 Å². The first-order chi connectivity index (χ1) is 11.3. The van der Waals surface area contributed by atoms with Crippen molar-refractivity contribution < 1.29 is 18.7 Å². The number of ketones is 1. The molecule has 1 N–H and O–H groups in total. The largest absolute Gasteiger partial charge is 0.598 e. The lowest BCUT2D eigenvalue weighted by molar-refractivity contribution is -0.385. The molecule has 140 valence electrons. The first kappa shape index (κ1) is 21.5. The van der Waals surface area contributed by atoms with Gasteiger partial charge in [-0.1, -0.05) is 13.8 Å². The van der Waals surface area contributed by atoms with E-state index >= 15 is 0 Å². The molecular weight excluding hydrogens is 347 g/mol. The Morgan fingerprint density at radius 1 is 1.32 bits per heavy atom. The Morgan fingerprint density at radius 2 is 1.88 bits per heavy atom. The van der Waals surface area contributed by atoms with Gasteiger partial charge in [0.25, 0.3) is 5.69 Å². The van der Waals surface area contributed by atoms with Crippen LogP contribution >= 0.6 is 0 Å². The number of carbonyl (C=O) groups excluding carboxylic acids is 1. The highest BCUT2D eigenvalue weighted by Gasteiger charge is 2.41. The molecule has 0 spiro atoms. The van der Waals surface area contributed by atoms with Crippen LogP contribution in [-0.4, -0.2) is 20.0 Å². The van der Waals surface area contributed by atoms with E-state index in [4.69, 9.17) is 0 Å². The van der Waals surface area contributed by atoms with Crippen LogP contribution in [0.25, 0.3) is 0 Å². The molecule has 0 aliphatic carbocycles. The van der Waals surface area contributed by atoms with Gasteiger partial charge in [-0.3, -0.25) is 14.9 Å². The minimum absolute atomic E-state index is 0.0479. The Bertz CT molecular complexity index is 661. The molecule has 0 saturated carbocycles. The second-order valence-electron chi connectivity index (χ2n) is 7.53. The number of benzene rings is 1. The Labute approximate surface area is 150 Å². The molecule has 1 aromatic rings. The highest BCUT2D eigenvalue weighted by molar-refractivity contribution is 7.90. The third-order valence-electron chi connectivity index (χ3n) is 3.80. The molecule has 0 aliphatic rings. The van der Waals surface area contributed by atoms with Crippen LogP contribution in [0, 0.1) is 21.8 Å². The molecule has 0 bridgehead atoms. The molecular formula is C17H25FN2O4S. The summed E-state index contributed by atoms with van der Waals surface area (Å²) < 4.78 is 29.2. The van der Waals surface area contributed by atoms with Gasteiger partial charge in [0.15, 0.2) is 0 Å². The van der Waals surface area contributed by atoms with E-state index in [2.05, 4.69) is 4.72 Å². The van der Waals surface area contributed by atoms with Gasteiger partial charge in [-0.15, -0.1) is 4.72 Å². The van der Waals surface area contributed by atoms with Gasteiger partial charge in [0.2, 0.25) is 0 Å². The predicted octanol–water partition coefficient (Wildman–Crippen LogP) is 3.62. The lowest BCUT2D eigenvalue weighted by atomic mass is 9.85. The van der Waals surface area contributed by atoms with Crippen molar-refractivity contribution in [1.29, 1.82) is 0 Å². The van der Waals surface area contributed by atoms with E-state index in [0.717, 1.165) is 18.2 Å². The second kappa shape index (κ2) is 7.80. The summed E-state index contributed by atoms with van der Waals surface area (Å²) >= 11 is -1.60. The second-order valence-corrected chi connectivity index (χ2v) is 9.50. The van der Waals surface area contributed by atoms with Gasteiger partial charge in [0.05, 0.1) is 10.5 Å². The molecule has 0 aromatic heterocycles. The van der Waals surface area contributed by atoms with Crippen molar-refractivity contribution in [1.82, 2.24) is 4.72 Å². The van der Waals surface area contributed by atoms with Crippen LogP contribution in [0.3, 0.4) is 0 Å². The van der Waals surface area contributed by atoms with E-state index in [1.807, 2.05) is 0 Å². The Balaban J connectivity index is 3.42. The SMILES string of the molecule is CC(C)C(=O)C[C@](C)(N[S+]([O-])C(C)(C)C)c1cc([N+](=O)[O-])ccc1F. The highest BCUT2D eigenvalue weighted by Crippen LogP contribution is 2.33. The summed E-state index contributed by atoms with van der Waals surface area (Å²) in [5, 5.41) is 11.0. The quantitative estimate of drug-likeness (QED) is 0.448. The number of nitrogens with one attached hydrogen (secondary N) is 1. The molecule has 0 heterocycles. The molecule has 25 heavy (non-hydrogen) atoms. The van der Waals surface area contributed by atoms with E-state index in [0.29, 0.717) is 0 Å². The van der Waals surface area contributed by atoms with Gasteiger partial charge in [0, 0.05) is 41.4 Å². The number of nitro benzene ring substituents is 1. The van der Waals surface area contributed by atoms with Crippen LogP contribution in [0.5, 0.6) is 0 Å². The van der Waals surface area contributed by atoms with Crippen LogP contribution < -0.4 is 4.72 Å². The number of non-ortho nitro benzene ring substituents is 1. The zero-order valence-electron chi connectivity index (χ0n) is 15.4. The number of nitrogens with zero attached hydrogens (tertiary/aromatic N) is 1. The van der Waals surface area contributed by atoms with Gasteiger partial charge >= 0.3 is 0 Å². The van der Waals surface area contributed by atoms with Crippen molar-refractivity contribution in [2.45, 2.75) is 58.2 Å². The normalized spacial score (nSPS) is 15.7. The van der Waals surface area contributed by atoms with Gasteiger partial charge in [-0.25, -0.2) is 4.39 Å². The van der Waals surface area contributed by atoms with Crippen molar-refractivity contribution >= 4 is 22.8 Å². The predicted molar refractivity (Wildman–Crippen MR) is 95.9 cm³/mol. The summed E-state index contributed by atoms with van der Waals surface area (Å²) in [6.45, 7) is 10.2. The molecule has 1 unspecified atom stereocenters. The lowest BCUT2D eigenvalue weighted by Gasteiger charge is -2.35. The van der Waals surface area contributed by atoms with E-state index in [1.165, 1.54) is 0 Å². The van der Waals surface area contributed by atoms with Crippen molar-refractivity contribution in [2.75, 3.05) is 0 Å². The standard InChI is InChI=1S/C17H25FN2O4S/c1-11(2)15(21)10-17(6,19-25(24)16(3,4)5)13-9-12(20(22)23)7-8-14(13)18/h7-9,11,19H,10H2,1-6H3/t17-,25?/m0/s1. The fraction of sp³-hybridized carbons (Fsp3) is 0.588. The number of nitro groups is 1. The summed E-state index contributed by atoms with van der Waals surface area (Å²) in [7, 11) is 0. The zero-order chi connectivity index (χ0) is 19.6. The molecule has 6 nitrogen and oxygen atoms in total. The first-order valence-electron chi connectivity index (χ1n) is 7.95. The maximum absolute atomic E-state index is 14.5. The van der Waals surface area contributed by atoms with Gasteiger partial charge in [-0.05, 0) is 33.8 Å². The summed E-state index contributed by atoms with van der Waals surface area (Å²) in [5.41, 5.74) is -1.67. The van der Waals surface area contributed by atoms with Crippen LogP contribution in [0.4, 0.5) is 10.1 Å². The van der Waals surface area contributed by atoms with Crippen LogP contribution in [0.2, 0.25) is 0 Å². The fourth-order valence-electron chi connectivity index (χ4n) is 2.15. The molecule has 1 rings (SSSR count). The molecule has 8 heteroatoms. The summed E-state index contributed by atoms with van der Waals surface area (Å²) in [6.07, 6.45) is -0.134. The van der Waals surface area contributed by atoms with Crippen LogP contribution in [-0.2, 0) is 21.7 Å². The maximum Gasteiger partial charge on any atom is 0.269 e. The Morgan fingerprint density at radius 3 is 2.32 bits per heavy atom. The number of hydrogen-bond acceptors (Lipinski definition) is 5. The summed E-state index contributed by atoms with van der Waals surface area (Å²) in [6, 6.07) is 3.15. The molecule has 0 saturated heterocycles. The smallest absolute Gasteiger partial charge is 0.269 e. The lowest BCUT2D eigenvalue weighted by Crippen LogP contribution is -2.51. The minimum Gasteiger partial charge on any atom is -0.598 e. The number of carbonyl (C=O) groups is 1. The summed E-state index contributed by atoms with van der Waals surface area (Å²) in [5.74, 6) is -1.15. The third-order valence-corrected chi connectivity index (χ3v) is 5.55. The van der Waals surface area contributed by atoms with E-state index in [-0.39, 0.29) is 29.4 Å². The molecule has 1 aromatic carbocycles. The van der Waals surface area contributed by atoms with Crippen molar-refractivity contribution in [3.8, 4) is 0 Å². The zero-order valence-corrected chi connectivity index (χ0v) is 16.2. The van der Waals surface area contributed by atoms with Crippen LogP contribution in [0.1, 0.15) is 53.5 Å². The van der Waals surface area contributed by atoms with Gasteiger partial charge < -0.3 is 4.55 Å². The molecule has 0 amide bonds. The molecule has 2 atom stereocenters. The van der Waals surface area contributed by atoms with Crippen LogP contribution in [0.15, 0.2) is 18.2 Å².